The molecule has 2 N–H and O–H groups in total. The van der Waals surface area contributed by atoms with Crippen molar-refractivity contribution in [2.75, 3.05) is 13.7 Å². The molecule has 1 heterocycles. The lowest BCUT2D eigenvalue weighted by atomic mass is 9.97. The third-order valence-corrected chi connectivity index (χ3v) is 1.92. The van der Waals surface area contributed by atoms with Crippen LogP contribution in [0.3, 0.4) is 0 Å². The summed E-state index contributed by atoms with van der Waals surface area (Å²) >= 11 is 0. The Hall–Kier alpha value is -0.610. The quantitative estimate of drug-likeness (QED) is 0.505. The minimum Gasteiger partial charge on any atom is -0.469 e. The van der Waals surface area contributed by atoms with Crippen LogP contribution in [-0.2, 0) is 9.53 Å². The lowest BCUT2D eigenvalue weighted by Crippen LogP contribution is -2.40. The van der Waals surface area contributed by atoms with E-state index < -0.39 is 6.23 Å². The van der Waals surface area contributed by atoms with Gasteiger partial charge in [0.05, 0.1) is 13.0 Å². The van der Waals surface area contributed by atoms with E-state index in [-0.39, 0.29) is 11.9 Å². The number of ether oxygens (including phenoxy) is 1. The molecule has 1 aliphatic rings. The van der Waals surface area contributed by atoms with Crippen LogP contribution in [0.5, 0.6) is 0 Å². The average molecular weight is 159 g/mol. The Morgan fingerprint density at radius 3 is 3.00 bits per heavy atom. The number of hydrogen-bond donors (Lipinski definition) is 2. The zero-order valence-electron chi connectivity index (χ0n) is 6.54. The summed E-state index contributed by atoms with van der Waals surface area (Å²) in [5.41, 5.74) is 0. The molecule has 1 fully saturated rings. The van der Waals surface area contributed by atoms with Gasteiger partial charge in [-0.3, -0.25) is 10.1 Å². The van der Waals surface area contributed by atoms with Gasteiger partial charge in [0.25, 0.3) is 0 Å². The maximum Gasteiger partial charge on any atom is 0.308 e. The molecule has 0 bridgehead atoms. The molecule has 0 aromatic rings. The summed E-state index contributed by atoms with van der Waals surface area (Å²) in [7, 11) is 1.37. The number of esters is 1. The van der Waals surface area contributed by atoms with Gasteiger partial charge in [0.2, 0.25) is 0 Å². The standard InChI is InChI=1S/C7H13NO3/c1-11-7(10)5-2-3-8-6(9)4-5/h5-6,8-9H,2-4H2,1H3. The molecule has 0 amide bonds. The summed E-state index contributed by atoms with van der Waals surface area (Å²) < 4.78 is 4.56. The van der Waals surface area contributed by atoms with Crippen molar-refractivity contribution >= 4 is 5.97 Å². The highest BCUT2D eigenvalue weighted by atomic mass is 16.5. The van der Waals surface area contributed by atoms with Gasteiger partial charge in [-0.15, -0.1) is 0 Å². The molecule has 1 aliphatic heterocycles. The Morgan fingerprint density at radius 1 is 1.73 bits per heavy atom. The summed E-state index contributed by atoms with van der Waals surface area (Å²) in [6, 6.07) is 0. The van der Waals surface area contributed by atoms with Gasteiger partial charge in [-0.1, -0.05) is 0 Å². The second kappa shape index (κ2) is 3.69. The molecule has 11 heavy (non-hydrogen) atoms. The number of carbonyl (C=O) groups is 1. The molecular formula is C7H13NO3. The van der Waals surface area contributed by atoms with E-state index in [2.05, 4.69) is 10.1 Å². The van der Waals surface area contributed by atoms with Crippen LogP contribution in [0.25, 0.3) is 0 Å². The third kappa shape index (κ3) is 2.17. The fourth-order valence-electron chi connectivity index (χ4n) is 1.28. The highest BCUT2D eigenvalue weighted by Crippen LogP contribution is 2.15. The highest BCUT2D eigenvalue weighted by Gasteiger charge is 2.25. The molecule has 1 rings (SSSR count). The van der Waals surface area contributed by atoms with E-state index in [1.807, 2.05) is 0 Å². The highest BCUT2D eigenvalue weighted by molar-refractivity contribution is 5.72. The molecular weight excluding hydrogens is 146 g/mol. The Morgan fingerprint density at radius 2 is 2.45 bits per heavy atom. The first-order chi connectivity index (χ1) is 5.24. The van der Waals surface area contributed by atoms with Crippen LogP contribution < -0.4 is 5.32 Å². The number of aliphatic hydroxyl groups is 1. The molecule has 2 unspecified atom stereocenters. The number of piperidine rings is 1. The first kappa shape index (κ1) is 8.49. The number of hydrogen-bond acceptors (Lipinski definition) is 4. The first-order valence-electron chi connectivity index (χ1n) is 3.73. The maximum atomic E-state index is 11.0. The van der Waals surface area contributed by atoms with E-state index in [1.54, 1.807) is 0 Å². The van der Waals surface area contributed by atoms with Crippen molar-refractivity contribution in [3.05, 3.63) is 0 Å². The van der Waals surface area contributed by atoms with Gasteiger partial charge in [0.1, 0.15) is 6.23 Å². The minimum atomic E-state index is -0.548. The molecule has 0 spiro atoms. The van der Waals surface area contributed by atoms with Gasteiger partial charge in [0.15, 0.2) is 0 Å². The SMILES string of the molecule is COC(=O)C1CCNC(O)C1. The fraction of sp³-hybridized carbons (Fsp3) is 0.857. The van der Waals surface area contributed by atoms with Gasteiger partial charge < -0.3 is 9.84 Å². The Labute approximate surface area is 65.5 Å². The molecule has 2 atom stereocenters. The lowest BCUT2D eigenvalue weighted by Gasteiger charge is -2.24. The van der Waals surface area contributed by atoms with Crippen LogP contribution in [0.1, 0.15) is 12.8 Å². The zero-order chi connectivity index (χ0) is 8.27. The number of carbonyl (C=O) groups excluding carboxylic acids is 1. The summed E-state index contributed by atoms with van der Waals surface area (Å²) in [5.74, 6) is -0.346. The van der Waals surface area contributed by atoms with Crippen LogP contribution in [0.2, 0.25) is 0 Å². The molecule has 0 aromatic carbocycles. The van der Waals surface area contributed by atoms with Crippen molar-refractivity contribution < 1.29 is 14.6 Å². The maximum absolute atomic E-state index is 11.0. The average Bonchev–Trinajstić information content (AvgIpc) is 2.03. The van der Waals surface area contributed by atoms with E-state index in [0.717, 1.165) is 6.42 Å². The predicted molar refractivity (Wildman–Crippen MR) is 38.7 cm³/mol. The van der Waals surface area contributed by atoms with Crippen molar-refractivity contribution in [2.24, 2.45) is 5.92 Å². The molecule has 4 nitrogen and oxygen atoms in total. The van der Waals surface area contributed by atoms with Crippen molar-refractivity contribution in [1.82, 2.24) is 5.32 Å². The molecule has 0 saturated carbocycles. The van der Waals surface area contributed by atoms with Gasteiger partial charge in [-0.05, 0) is 13.0 Å². The van der Waals surface area contributed by atoms with Gasteiger partial charge >= 0.3 is 5.97 Å². The molecule has 1 saturated heterocycles. The lowest BCUT2D eigenvalue weighted by molar-refractivity contribution is -0.148. The van der Waals surface area contributed by atoms with E-state index >= 15 is 0 Å². The second-order valence-electron chi connectivity index (χ2n) is 2.71. The van der Waals surface area contributed by atoms with Crippen LogP contribution in [0.4, 0.5) is 0 Å². The largest absolute Gasteiger partial charge is 0.469 e. The zero-order valence-corrected chi connectivity index (χ0v) is 6.54. The van der Waals surface area contributed by atoms with Gasteiger partial charge in [-0.2, -0.15) is 0 Å². The first-order valence-corrected chi connectivity index (χ1v) is 3.73. The molecule has 0 aromatic heterocycles. The van der Waals surface area contributed by atoms with Crippen LogP contribution >= 0.6 is 0 Å². The molecule has 0 radical (unpaired) electrons. The molecule has 4 heteroatoms. The number of nitrogens with one attached hydrogen (secondary N) is 1. The molecule has 0 aliphatic carbocycles. The Bertz CT molecular complexity index is 149. The number of aliphatic hydroxyl groups excluding tert-OH is 1. The van der Waals surface area contributed by atoms with E-state index in [0.29, 0.717) is 13.0 Å². The topological polar surface area (TPSA) is 58.6 Å². The van der Waals surface area contributed by atoms with Crippen molar-refractivity contribution in [2.45, 2.75) is 19.1 Å². The number of rotatable bonds is 1. The van der Waals surface area contributed by atoms with E-state index in [9.17, 15) is 4.79 Å². The van der Waals surface area contributed by atoms with Crippen molar-refractivity contribution in [1.29, 1.82) is 0 Å². The van der Waals surface area contributed by atoms with Gasteiger partial charge in [-0.25, -0.2) is 0 Å². The van der Waals surface area contributed by atoms with E-state index in [4.69, 9.17) is 5.11 Å². The van der Waals surface area contributed by atoms with Crippen molar-refractivity contribution in [3.63, 3.8) is 0 Å². The summed E-state index contributed by atoms with van der Waals surface area (Å²) in [6.07, 6.45) is 0.670. The van der Waals surface area contributed by atoms with Crippen molar-refractivity contribution in [3.8, 4) is 0 Å². The second-order valence-corrected chi connectivity index (χ2v) is 2.71. The van der Waals surface area contributed by atoms with Gasteiger partial charge in [0, 0.05) is 6.42 Å². The smallest absolute Gasteiger partial charge is 0.308 e. The Kier molecular flexibility index (Phi) is 2.84. The minimum absolute atomic E-state index is 0.128. The predicted octanol–water partition coefficient (Wildman–Crippen LogP) is -0.523. The monoisotopic (exact) mass is 159 g/mol. The van der Waals surface area contributed by atoms with Crippen LogP contribution in [0, 0.1) is 5.92 Å². The Balaban J connectivity index is 2.39. The fourth-order valence-corrected chi connectivity index (χ4v) is 1.28. The summed E-state index contributed by atoms with van der Waals surface area (Å²) in [4.78, 5) is 11.0. The summed E-state index contributed by atoms with van der Waals surface area (Å²) in [6.45, 7) is 0.681. The van der Waals surface area contributed by atoms with Crippen LogP contribution in [-0.4, -0.2) is 31.0 Å². The van der Waals surface area contributed by atoms with Crippen LogP contribution in [0.15, 0.2) is 0 Å². The summed E-state index contributed by atoms with van der Waals surface area (Å²) in [5, 5.41) is 11.9. The molecule has 64 valence electrons. The normalized spacial score (nSPS) is 31.5. The third-order valence-electron chi connectivity index (χ3n) is 1.92. The number of methoxy groups -OCH3 is 1. The van der Waals surface area contributed by atoms with E-state index in [1.165, 1.54) is 7.11 Å².